The smallest absolute Gasteiger partial charge is 0.255 e. The highest BCUT2D eigenvalue weighted by Crippen LogP contribution is 2.20. The van der Waals surface area contributed by atoms with E-state index in [0.29, 0.717) is 12.4 Å². The molecular weight excluding hydrogens is 328 g/mol. The number of nitrogens with one attached hydrogen (secondary N) is 1. The Labute approximate surface area is 151 Å². The van der Waals surface area contributed by atoms with E-state index in [1.807, 2.05) is 25.3 Å². The van der Waals surface area contributed by atoms with Gasteiger partial charge in [0.25, 0.3) is 5.56 Å². The van der Waals surface area contributed by atoms with Crippen LogP contribution in [0.25, 0.3) is 17.6 Å². The lowest BCUT2D eigenvalue weighted by Gasteiger charge is -2.27. The second-order valence-corrected chi connectivity index (χ2v) is 6.44. The molecule has 0 amide bonds. The molecule has 0 aliphatic carbocycles. The zero-order valence-corrected chi connectivity index (χ0v) is 14.6. The predicted molar refractivity (Wildman–Crippen MR) is 99.3 cm³/mol. The largest absolute Gasteiger partial charge is 0.306 e. The fraction of sp³-hybridized carbons (Fsp3) is 0.263. The van der Waals surface area contributed by atoms with Gasteiger partial charge in [-0.3, -0.25) is 14.7 Å². The van der Waals surface area contributed by atoms with Crippen molar-refractivity contribution in [2.45, 2.75) is 26.4 Å². The number of aromatic amines is 1. The molecular formula is C19H20N6O. The van der Waals surface area contributed by atoms with Crippen LogP contribution in [0, 0.1) is 6.92 Å². The Kier molecular flexibility index (Phi) is 4.22. The minimum atomic E-state index is -0.0648. The van der Waals surface area contributed by atoms with Crippen LogP contribution in [0.2, 0.25) is 0 Å². The van der Waals surface area contributed by atoms with Gasteiger partial charge in [0.15, 0.2) is 0 Å². The second-order valence-electron chi connectivity index (χ2n) is 6.44. The van der Waals surface area contributed by atoms with Crippen LogP contribution in [-0.2, 0) is 19.5 Å². The molecule has 1 aliphatic rings. The summed E-state index contributed by atoms with van der Waals surface area (Å²) in [4.78, 5) is 26.5. The number of fused-ring (bicyclic) bond motifs is 1. The molecule has 26 heavy (non-hydrogen) atoms. The number of hydrogen-bond acceptors (Lipinski definition) is 5. The molecule has 0 atom stereocenters. The maximum Gasteiger partial charge on any atom is 0.255 e. The van der Waals surface area contributed by atoms with Crippen molar-refractivity contribution in [1.82, 2.24) is 29.6 Å². The lowest BCUT2D eigenvalue weighted by Crippen LogP contribution is -2.35. The van der Waals surface area contributed by atoms with Crippen LogP contribution >= 0.6 is 0 Å². The van der Waals surface area contributed by atoms with Gasteiger partial charge in [-0.2, -0.15) is 5.10 Å². The first-order valence-corrected chi connectivity index (χ1v) is 8.56. The third-order valence-electron chi connectivity index (χ3n) is 4.70. The molecule has 0 aromatic carbocycles. The summed E-state index contributed by atoms with van der Waals surface area (Å²) >= 11 is 0. The number of rotatable bonds is 4. The Hall–Kier alpha value is -3.06. The van der Waals surface area contributed by atoms with Gasteiger partial charge in [0.2, 0.25) is 0 Å². The lowest BCUT2D eigenvalue weighted by molar-refractivity contribution is 0.241. The molecule has 1 N–H and O–H groups in total. The molecule has 0 saturated heterocycles. The average Bonchev–Trinajstić information content (AvgIpc) is 3.02. The summed E-state index contributed by atoms with van der Waals surface area (Å²) in [6, 6.07) is 3.69. The van der Waals surface area contributed by atoms with E-state index >= 15 is 0 Å². The Morgan fingerprint density at radius 2 is 2.15 bits per heavy atom. The summed E-state index contributed by atoms with van der Waals surface area (Å²) in [5.41, 5.74) is 4.57. The third-order valence-corrected chi connectivity index (χ3v) is 4.70. The highest BCUT2D eigenvalue weighted by atomic mass is 16.1. The van der Waals surface area contributed by atoms with Crippen molar-refractivity contribution in [2.75, 3.05) is 6.54 Å². The highest BCUT2D eigenvalue weighted by Gasteiger charge is 2.22. The van der Waals surface area contributed by atoms with E-state index in [9.17, 15) is 4.79 Å². The maximum atomic E-state index is 12.6. The molecule has 7 nitrogen and oxygen atoms in total. The highest BCUT2D eigenvalue weighted by molar-refractivity contribution is 5.54. The third kappa shape index (κ3) is 3.09. The zero-order chi connectivity index (χ0) is 18.1. The molecule has 0 bridgehead atoms. The van der Waals surface area contributed by atoms with Gasteiger partial charge in [-0.05, 0) is 19.1 Å². The van der Waals surface area contributed by atoms with E-state index in [1.54, 1.807) is 23.3 Å². The molecule has 0 fully saturated rings. The first kappa shape index (κ1) is 16.4. The monoisotopic (exact) mass is 348 g/mol. The minimum absolute atomic E-state index is 0.0648. The van der Waals surface area contributed by atoms with Crippen molar-refractivity contribution in [3.8, 4) is 11.4 Å². The van der Waals surface area contributed by atoms with E-state index in [0.717, 1.165) is 47.6 Å². The fourth-order valence-electron chi connectivity index (χ4n) is 3.27. The summed E-state index contributed by atoms with van der Waals surface area (Å²) in [6.45, 7) is 7.93. The van der Waals surface area contributed by atoms with E-state index in [4.69, 9.17) is 0 Å². The van der Waals surface area contributed by atoms with Gasteiger partial charge in [0.1, 0.15) is 5.82 Å². The SMILES string of the molecule is C=Cn1cc(CN2CCc3nc(-c4ccncc4)[nH]c(=O)c3C2)c(C)n1. The summed E-state index contributed by atoms with van der Waals surface area (Å²) in [5.74, 6) is 0.604. The Bertz CT molecular complexity index is 1000. The molecule has 4 heterocycles. The van der Waals surface area contributed by atoms with Gasteiger partial charge >= 0.3 is 0 Å². The summed E-state index contributed by atoms with van der Waals surface area (Å²) < 4.78 is 1.72. The minimum Gasteiger partial charge on any atom is -0.306 e. The van der Waals surface area contributed by atoms with Crippen LogP contribution in [0.3, 0.4) is 0 Å². The molecule has 7 heteroatoms. The Morgan fingerprint density at radius 1 is 1.35 bits per heavy atom. The van der Waals surface area contributed by atoms with Gasteiger partial charge in [0, 0.05) is 62.0 Å². The molecule has 3 aromatic rings. The zero-order valence-electron chi connectivity index (χ0n) is 14.6. The van der Waals surface area contributed by atoms with E-state index in [1.165, 1.54) is 0 Å². The van der Waals surface area contributed by atoms with Crippen molar-refractivity contribution in [3.05, 3.63) is 70.2 Å². The molecule has 0 spiro atoms. The van der Waals surface area contributed by atoms with E-state index in [-0.39, 0.29) is 5.56 Å². The average molecular weight is 348 g/mol. The van der Waals surface area contributed by atoms with Crippen LogP contribution in [-0.4, -0.2) is 36.2 Å². The van der Waals surface area contributed by atoms with Gasteiger partial charge in [0.05, 0.1) is 17.0 Å². The first-order chi connectivity index (χ1) is 12.6. The van der Waals surface area contributed by atoms with Crippen molar-refractivity contribution in [1.29, 1.82) is 0 Å². The normalized spacial score (nSPS) is 14.2. The predicted octanol–water partition coefficient (Wildman–Crippen LogP) is 2.00. The van der Waals surface area contributed by atoms with Crippen molar-refractivity contribution >= 4 is 6.20 Å². The van der Waals surface area contributed by atoms with Crippen LogP contribution in [0.5, 0.6) is 0 Å². The van der Waals surface area contributed by atoms with Crippen molar-refractivity contribution in [2.24, 2.45) is 0 Å². The van der Waals surface area contributed by atoms with Crippen molar-refractivity contribution in [3.63, 3.8) is 0 Å². The molecule has 0 saturated carbocycles. The Balaban J connectivity index is 1.58. The van der Waals surface area contributed by atoms with E-state index in [2.05, 4.69) is 31.5 Å². The number of H-pyrrole nitrogens is 1. The second kappa shape index (κ2) is 6.68. The van der Waals surface area contributed by atoms with Gasteiger partial charge in [-0.15, -0.1) is 0 Å². The molecule has 4 rings (SSSR count). The number of aromatic nitrogens is 5. The maximum absolute atomic E-state index is 12.6. The van der Waals surface area contributed by atoms with Gasteiger partial charge < -0.3 is 4.98 Å². The van der Waals surface area contributed by atoms with Gasteiger partial charge in [-0.25, -0.2) is 9.67 Å². The number of hydrogen-bond donors (Lipinski definition) is 1. The number of nitrogens with zero attached hydrogens (tertiary/aromatic N) is 5. The molecule has 1 aliphatic heterocycles. The first-order valence-electron chi connectivity index (χ1n) is 8.56. The summed E-state index contributed by atoms with van der Waals surface area (Å²) in [7, 11) is 0. The quantitative estimate of drug-likeness (QED) is 0.780. The molecule has 132 valence electrons. The molecule has 0 unspecified atom stereocenters. The summed E-state index contributed by atoms with van der Waals surface area (Å²) in [5, 5.41) is 4.39. The Morgan fingerprint density at radius 3 is 2.88 bits per heavy atom. The lowest BCUT2D eigenvalue weighted by atomic mass is 10.1. The fourth-order valence-corrected chi connectivity index (χ4v) is 3.27. The van der Waals surface area contributed by atoms with Crippen LogP contribution in [0.4, 0.5) is 0 Å². The standard InChI is InChI=1S/C19H20N6O/c1-3-25-11-15(13(2)23-25)10-24-9-6-17-16(12-24)19(26)22-18(21-17)14-4-7-20-8-5-14/h3-5,7-8,11H,1,6,9-10,12H2,2H3,(H,21,22,26). The number of aryl methyl sites for hydroxylation is 1. The van der Waals surface area contributed by atoms with Gasteiger partial charge in [-0.1, -0.05) is 6.58 Å². The van der Waals surface area contributed by atoms with Crippen LogP contribution in [0.15, 0.2) is 42.1 Å². The molecule has 0 radical (unpaired) electrons. The summed E-state index contributed by atoms with van der Waals surface area (Å²) in [6.07, 6.45) is 7.81. The van der Waals surface area contributed by atoms with Crippen molar-refractivity contribution < 1.29 is 0 Å². The van der Waals surface area contributed by atoms with Crippen LogP contribution in [0.1, 0.15) is 22.5 Å². The van der Waals surface area contributed by atoms with E-state index < -0.39 is 0 Å². The van der Waals surface area contributed by atoms with Crippen LogP contribution < -0.4 is 5.56 Å². The molecule has 3 aromatic heterocycles. The number of pyridine rings is 1. The topological polar surface area (TPSA) is 79.7 Å².